The van der Waals surface area contributed by atoms with Crippen molar-refractivity contribution in [3.63, 3.8) is 0 Å². The molecular formula is C12H19N3O2S. The van der Waals surface area contributed by atoms with E-state index in [9.17, 15) is 4.79 Å². The van der Waals surface area contributed by atoms with Gasteiger partial charge in [-0.2, -0.15) is 0 Å². The van der Waals surface area contributed by atoms with Crippen LogP contribution in [0, 0.1) is 0 Å². The Labute approximate surface area is 111 Å². The second-order valence-electron chi connectivity index (χ2n) is 5.45. The predicted molar refractivity (Wildman–Crippen MR) is 72.2 cm³/mol. The van der Waals surface area contributed by atoms with Crippen LogP contribution >= 0.6 is 11.3 Å². The lowest BCUT2D eigenvalue weighted by molar-refractivity contribution is 0.189. The van der Waals surface area contributed by atoms with Crippen LogP contribution in [-0.4, -0.2) is 30.3 Å². The summed E-state index contributed by atoms with van der Waals surface area (Å²) in [6.07, 6.45) is 0.874. The lowest BCUT2D eigenvalue weighted by Crippen LogP contribution is -2.38. The number of rotatable bonds is 2. The first-order valence-electron chi connectivity index (χ1n) is 6.06. The Bertz CT molecular complexity index is 419. The molecule has 0 spiro atoms. The van der Waals surface area contributed by atoms with Gasteiger partial charge >= 0.3 is 6.03 Å². The van der Waals surface area contributed by atoms with Crippen LogP contribution < -0.4 is 10.6 Å². The molecule has 2 heterocycles. The predicted octanol–water partition coefficient (Wildman–Crippen LogP) is 2.35. The maximum Gasteiger partial charge on any atom is 0.321 e. The van der Waals surface area contributed by atoms with Crippen LogP contribution in [0.15, 0.2) is 5.38 Å². The van der Waals surface area contributed by atoms with Gasteiger partial charge in [-0.3, -0.25) is 5.32 Å². The standard InChI is InChI=1S/C12H19N3O2S/c1-12(2,3)9-7-18-11(14-9)15-10(16)13-8-4-5-17-6-8/h7-8H,4-6H2,1-3H3,(H2,13,14,15,16). The lowest BCUT2D eigenvalue weighted by atomic mass is 9.93. The average Bonchev–Trinajstić information content (AvgIpc) is 2.87. The summed E-state index contributed by atoms with van der Waals surface area (Å²) in [5.41, 5.74) is 0.999. The SMILES string of the molecule is CC(C)(C)c1csc(NC(=O)NC2CCOC2)n1. The van der Waals surface area contributed by atoms with E-state index in [1.54, 1.807) is 0 Å². The van der Waals surface area contributed by atoms with Crippen LogP contribution in [0.5, 0.6) is 0 Å². The minimum Gasteiger partial charge on any atom is -0.379 e. The van der Waals surface area contributed by atoms with Crippen LogP contribution in [0.4, 0.5) is 9.93 Å². The quantitative estimate of drug-likeness (QED) is 0.866. The molecule has 1 aromatic rings. The van der Waals surface area contributed by atoms with Crippen molar-refractivity contribution in [2.75, 3.05) is 18.5 Å². The number of anilines is 1. The monoisotopic (exact) mass is 269 g/mol. The Morgan fingerprint density at radius 3 is 2.89 bits per heavy atom. The Kier molecular flexibility index (Phi) is 3.87. The zero-order valence-corrected chi connectivity index (χ0v) is 11.8. The molecule has 0 aliphatic carbocycles. The number of urea groups is 1. The molecule has 1 saturated heterocycles. The van der Waals surface area contributed by atoms with Crippen molar-refractivity contribution in [3.05, 3.63) is 11.1 Å². The minimum atomic E-state index is -0.208. The molecule has 18 heavy (non-hydrogen) atoms. The maximum absolute atomic E-state index is 11.7. The number of aromatic nitrogens is 1. The molecule has 0 saturated carbocycles. The van der Waals surface area contributed by atoms with E-state index in [0.29, 0.717) is 11.7 Å². The van der Waals surface area contributed by atoms with E-state index in [0.717, 1.165) is 18.7 Å². The number of amides is 2. The summed E-state index contributed by atoms with van der Waals surface area (Å²) in [7, 11) is 0. The van der Waals surface area contributed by atoms with Crippen molar-refractivity contribution in [3.8, 4) is 0 Å². The smallest absolute Gasteiger partial charge is 0.321 e. The first kappa shape index (κ1) is 13.3. The summed E-state index contributed by atoms with van der Waals surface area (Å²) in [4.78, 5) is 16.1. The fraction of sp³-hybridized carbons (Fsp3) is 0.667. The highest BCUT2D eigenvalue weighted by atomic mass is 32.1. The molecule has 1 aromatic heterocycles. The highest BCUT2D eigenvalue weighted by molar-refractivity contribution is 7.13. The lowest BCUT2D eigenvalue weighted by Gasteiger charge is -2.14. The van der Waals surface area contributed by atoms with Crippen LogP contribution in [-0.2, 0) is 10.2 Å². The topological polar surface area (TPSA) is 63.2 Å². The number of hydrogen-bond acceptors (Lipinski definition) is 4. The normalized spacial score (nSPS) is 19.8. The fourth-order valence-corrected chi connectivity index (χ4v) is 2.57. The van der Waals surface area contributed by atoms with Gasteiger partial charge in [0.15, 0.2) is 5.13 Å². The van der Waals surface area contributed by atoms with Gasteiger partial charge in [0.05, 0.1) is 18.3 Å². The third-order valence-corrected chi connectivity index (χ3v) is 3.52. The van der Waals surface area contributed by atoms with Crippen molar-refractivity contribution in [1.29, 1.82) is 0 Å². The summed E-state index contributed by atoms with van der Waals surface area (Å²) >= 11 is 1.45. The highest BCUT2D eigenvalue weighted by Gasteiger charge is 2.20. The zero-order chi connectivity index (χ0) is 13.2. The van der Waals surface area contributed by atoms with Gasteiger partial charge in [-0.1, -0.05) is 20.8 Å². The van der Waals surface area contributed by atoms with Gasteiger partial charge in [-0.15, -0.1) is 11.3 Å². The first-order chi connectivity index (χ1) is 8.45. The molecule has 1 fully saturated rings. The van der Waals surface area contributed by atoms with Gasteiger partial charge in [0.2, 0.25) is 0 Å². The molecule has 1 aliphatic heterocycles. The number of thiazole rings is 1. The third kappa shape index (κ3) is 3.43. The summed E-state index contributed by atoms with van der Waals surface area (Å²) in [6, 6.07) is -0.0904. The van der Waals surface area contributed by atoms with Gasteiger partial charge in [0.1, 0.15) is 0 Å². The van der Waals surface area contributed by atoms with Gasteiger partial charge in [-0.25, -0.2) is 9.78 Å². The number of nitrogens with one attached hydrogen (secondary N) is 2. The van der Waals surface area contributed by atoms with E-state index in [1.807, 2.05) is 5.38 Å². The molecule has 2 amide bonds. The molecule has 100 valence electrons. The molecule has 6 heteroatoms. The largest absolute Gasteiger partial charge is 0.379 e. The van der Waals surface area contributed by atoms with E-state index < -0.39 is 0 Å². The summed E-state index contributed by atoms with van der Waals surface area (Å²) < 4.78 is 5.20. The van der Waals surface area contributed by atoms with E-state index in [2.05, 4.69) is 36.4 Å². The number of nitrogens with zero attached hydrogens (tertiary/aromatic N) is 1. The van der Waals surface area contributed by atoms with E-state index >= 15 is 0 Å². The van der Waals surface area contributed by atoms with E-state index in [4.69, 9.17) is 4.74 Å². The van der Waals surface area contributed by atoms with Gasteiger partial charge in [-0.05, 0) is 6.42 Å². The van der Waals surface area contributed by atoms with Crippen LogP contribution in [0.2, 0.25) is 0 Å². The Hall–Kier alpha value is -1.14. The van der Waals surface area contributed by atoms with Crippen LogP contribution in [0.3, 0.4) is 0 Å². The zero-order valence-electron chi connectivity index (χ0n) is 10.9. The summed E-state index contributed by atoms with van der Waals surface area (Å²) in [6.45, 7) is 7.61. The van der Waals surface area contributed by atoms with E-state index in [-0.39, 0.29) is 17.5 Å². The number of carbonyl (C=O) groups excluding carboxylic acids is 1. The maximum atomic E-state index is 11.7. The second-order valence-corrected chi connectivity index (χ2v) is 6.30. The number of carbonyl (C=O) groups is 1. The Balaban J connectivity index is 1.88. The van der Waals surface area contributed by atoms with Crippen molar-refractivity contribution < 1.29 is 9.53 Å². The first-order valence-corrected chi connectivity index (χ1v) is 6.94. The molecule has 2 N–H and O–H groups in total. The number of ether oxygens (including phenoxy) is 1. The van der Waals surface area contributed by atoms with Gasteiger partial charge in [0, 0.05) is 17.4 Å². The molecule has 1 unspecified atom stereocenters. The average molecular weight is 269 g/mol. The minimum absolute atomic E-state index is 0.00615. The molecule has 1 aliphatic rings. The molecule has 0 aromatic carbocycles. The van der Waals surface area contributed by atoms with Gasteiger partial charge in [0.25, 0.3) is 0 Å². The van der Waals surface area contributed by atoms with Gasteiger partial charge < -0.3 is 10.1 Å². The van der Waals surface area contributed by atoms with Crippen molar-refractivity contribution >= 4 is 22.5 Å². The van der Waals surface area contributed by atoms with Crippen LogP contribution in [0.1, 0.15) is 32.9 Å². The van der Waals surface area contributed by atoms with Crippen LogP contribution in [0.25, 0.3) is 0 Å². The Morgan fingerprint density at radius 1 is 1.56 bits per heavy atom. The van der Waals surface area contributed by atoms with Crippen molar-refractivity contribution in [1.82, 2.24) is 10.3 Å². The summed E-state index contributed by atoms with van der Waals surface area (Å²) in [5, 5.41) is 8.25. The number of hydrogen-bond donors (Lipinski definition) is 2. The molecule has 2 rings (SSSR count). The second kappa shape index (κ2) is 5.24. The van der Waals surface area contributed by atoms with E-state index in [1.165, 1.54) is 11.3 Å². The molecule has 1 atom stereocenters. The third-order valence-electron chi connectivity index (χ3n) is 2.76. The molecule has 0 radical (unpaired) electrons. The van der Waals surface area contributed by atoms with Crippen molar-refractivity contribution in [2.24, 2.45) is 0 Å². The van der Waals surface area contributed by atoms with Crippen molar-refractivity contribution in [2.45, 2.75) is 38.6 Å². The Morgan fingerprint density at radius 2 is 2.33 bits per heavy atom. The molecule has 0 bridgehead atoms. The summed E-state index contributed by atoms with van der Waals surface area (Å²) in [5.74, 6) is 0. The molecular weight excluding hydrogens is 250 g/mol. The fourth-order valence-electron chi connectivity index (χ4n) is 1.64. The molecule has 5 nitrogen and oxygen atoms in total. The highest BCUT2D eigenvalue weighted by Crippen LogP contribution is 2.26.